The molecule has 0 N–H and O–H groups in total. The van der Waals surface area contributed by atoms with Gasteiger partial charge < -0.3 is 24.8 Å². The van der Waals surface area contributed by atoms with E-state index in [-0.39, 0.29) is 41.9 Å². The molecule has 0 amide bonds. The molecule has 167 valence electrons. The van der Waals surface area contributed by atoms with Gasteiger partial charge in [0.25, 0.3) is 0 Å². The summed E-state index contributed by atoms with van der Waals surface area (Å²) < 4.78 is 0. The van der Waals surface area contributed by atoms with Crippen LogP contribution < -0.4 is 24.8 Å². The van der Waals surface area contributed by atoms with Crippen LogP contribution in [0.4, 0.5) is 0 Å². The van der Waals surface area contributed by atoms with Crippen molar-refractivity contribution in [3.63, 3.8) is 0 Å². The summed E-state index contributed by atoms with van der Waals surface area (Å²) in [6.07, 6.45) is 3.65. The summed E-state index contributed by atoms with van der Waals surface area (Å²) in [4.78, 5) is 13.9. The molecule has 0 aliphatic rings. The van der Waals surface area contributed by atoms with Crippen LogP contribution in [0.3, 0.4) is 0 Å². The van der Waals surface area contributed by atoms with Crippen LogP contribution in [-0.4, -0.2) is 15.0 Å². The van der Waals surface area contributed by atoms with Gasteiger partial charge in [-0.2, -0.15) is 0 Å². The second kappa shape index (κ2) is 10.7. The summed E-state index contributed by atoms with van der Waals surface area (Å²) in [6.45, 7) is 0. The molecule has 0 spiro atoms. The van der Waals surface area contributed by atoms with Gasteiger partial charge in [-0.05, 0) is 50.9 Å². The van der Waals surface area contributed by atoms with Gasteiger partial charge in [0.2, 0.25) is 0 Å². The standard InChI is InChI=1S/C25H15N3S2.2ClH.Cu/c1-3-7-19-16(5-1)13-17-6-2-4-8-20(17)23(19)18-14-21(24-26-9-11-29-24)28-22(15-18)25-27-10-12-30-25;;;/h1-15H;2*1H;/q;;;+2/p-2. The molecule has 0 saturated carbocycles. The molecule has 3 aromatic carbocycles. The Bertz CT molecular complexity index is 1400. The first-order valence-corrected chi connectivity index (χ1v) is 11.4. The Morgan fingerprint density at radius 2 is 1.09 bits per heavy atom. The molecule has 33 heavy (non-hydrogen) atoms. The summed E-state index contributed by atoms with van der Waals surface area (Å²) in [5.74, 6) is 0. The maximum atomic E-state index is 4.90. The minimum atomic E-state index is 0. The fraction of sp³-hybridized carbons (Fsp3) is 0. The fourth-order valence-electron chi connectivity index (χ4n) is 3.92. The van der Waals surface area contributed by atoms with E-state index in [2.05, 4.69) is 76.7 Å². The third-order valence-electron chi connectivity index (χ3n) is 5.19. The van der Waals surface area contributed by atoms with Crippen LogP contribution in [0.2, 0.25) is 0 Å². The van der Waals surface area contributed by atoms with Gasteiger partial charge in [-0.1, -0.05) is 48.5 Å². The van der Waals surface area contributed by atoms with Crippen molar-refractivity contribution in [2.24, 2.45) is 0 Å². The molecular formula is C25H15Cl2CuN3S2. The van der Waals surface area contributed by atoms with E-state index < -0.39 is 0 Å². The smallest absolute Gasteiger partial charge is 1.00 e. The third kappa shape index (κ3) is 4.69. The van der Waals surface area contributed by atoms with E-state index in [9.17, 15) is 0 Å². The first kappa shape index (κ1) is 25.3. The first-order chi connectivity index (χ1) is 14.9. The van der Waals surface area contributed by atoms with E-state index in [1.807, 2.05) is 23.2 Å². The summed E-state index contributed by atoms with van der Waals surface area (Å²) >= 11 is 3.20. The average molecular weight is 556 g/mol. The maximum Gasteiger partial charge on any atom is 2.00 e. The summed E-state index contributed by atoms with van der Waals surface area (Å²) in [7, 11) is 0. The largest absolute Gasteiger partial charge is 2.00 e. The molecule has 0 aliphatic carbocycles. The number of benzene rings is 3. The van der Waals surface area contributed by atoms with Gasteiger partial charge in [0, 0.05) is 23.2 Å². The molecule has 3 heterocycles. The van der Waals surface area contributed by atoms with E-state index in [1.165, 1.54) is 27.1 Å². The zero-order valence-electron chi connectivity index (χ0n) is 16.9. The number of nitrogens with zero attached hydrogens (tertiary/aromatic N) is 3. The zero-order valence-corrected chi connectivity index (χ0v) is 21.0. The van der Waals surface area contributed by atoms with Gasteiger partial charge in [-0.25, -0.2) is 15.0 Å². The minimum Gasteiger partial charge on any atom is -1.00 e. The molecule has 0 atom stereocenters. The summed E-state index contributed by atoms with van der Waals surface area (Å²) in [5.41, 5.74) is 4.12. The van der Waals surface area contributed by atoms with Crippen molar-refractivity contribution in [3.05, 3.63) is 89.9 Å². The second-order valence-corrected chi connectivity index (χ2v) is 8.78. The topological polar surface area (TPSA) is 38.7 Å². The number of fused-ring (bicyclic) bond motifs is 2. The van der Waals surface area contributed by atoms with Crippen LogP contribution in [0.1, 0.15) is 0 Å². The van der Waals surface area contributed by atoms with Gasteiger partial charge in [-0.15, -0.1) is 22.7 Å². The van der Waals surface area contributed by atoms with Crippen LogP contribution in [0.5, 0.6) is 0 Å². The number of rotatable bonds is 3. The van der Waals surface area contributed by atoms with Crippen molar-refractivity contribution in [3.8, 4) is 32.5 Å². The number of hydrogen-bond donors (Lipinski definition) is 0. The molecular weight excluding hydrogens is 541 g/mol. The normalized spacial score (nSPS) is 10.3. The number of halogens is 2. The predicted octanol–water partition coefficient (Wildman–Crippen LogP) is 1.31. The molecule has 1 radical (unpaired) electrons. The van der Waals surface area contributed by atoms with E-state index >= 15 is 0 Å². The SMILES string of the molecule is [Cl-].[Cl-].[Cu+2].c1ccc2c(-c3cc(-c4nccs4)nc(-c4nccs4)c3)c3ccccc3cc2c1. The molecule has 6 rings (SSSR count). The van der Waals surface area contributed by atoms with Gasteiger partial charge in [-0.3, -0.25) is 0 Å². The van der Waals surface area contributed by atoms with Crippen molar-refractivity contribution in [2.75, 3.05) is 0 Å². The maximum absolute atomic E-state index is 4.90. The number of thiazole rings is 2. The van der Waals surface area contributed by atoms with Gasteiger partial charge >= 0.3 is 17.1 Å². The van der Waals surface area contributed by atoms with Crippen molar-refractivity contribution >= 4 is 44.2 Å². The zero-order chi connectivity index (χ0) is 19.9. The molecule has 3 aromatic heterocycles. The van der Waals surface area contributed by atoms with Gasteiger partial charge in [0.1, 0.15) is 21.4 Å². The summed E-state index contributed by atoms with van der Waals surface area (Å²) in [6, 6.07) is 23.7. The van der Waals surface area contributed by atoms with Crippen LogP contribution >= 0.6 is 22.7 Å². The van der Waals surface area contributed by atoms with Crippen LogP contribution in [0, 0.1) is 0 Å². The van der Waals surface area contributed by atoms with E-state index in [0.29, 0.717) is 0 Å². The number of aromatic nitrogens is 3. The minimum absolute atomic E-state index is 0. The van der Waals surface area contributed by atoms with E-state index in [1.54, 1.807) is 22.7 Å². The van der Waals surface area contributed by atoms with Gasteiger partial charge in [0.05, 0.1) is 0 Å². The second-order valence-electron chi connectivity index (χ2n) is 6.99. The van der Waals surface area contributed by atoms with Crippen LogP contribution in [-0.2, 0) is 17.1 Å². The molecule has 0 fully saturated rings. The third-order valence-corrected chi connectivity index (χ3v) is 6.78. The molecule has 0 saturated heterocycles. The van der Waals surface area contributed by atoms with Crippen molar-refractivity contribution < 1.29 is 41.9 Å². The average Bonchev–Trinajstić information content (AvgIpc) is 3.52. The molecule has 8 heteroatoms. The van der Waals surface area contributed by atoms with Crippen molar-refractivity contribution in [1.29, 1.82) is 0 Å². The Kier molecular flexibility index (Phi) is 8.24. The van der Waals surface area contributed by atoms with E-state index in [0.717, 1.165) is 27.0 Å². The Hall–Kier alpha value is -2.31. The Labute approximate surface area is 222 Å². The monoisotopic (exact) mass is 554 g/mol. The molecule has 0 unspecified atom stereocenters. The fourth-order valence-corrected chi connectivity index (χ4v) is 5.11. The van der Waals surface area contributed by atoms with Crippen LogP contribution in [0.25, 0.3) is 54.1 Å². The first-order valence-electron chi connectivity index (χ1n) is 9.59. The van der Waals surface area contributed by atoms with Crippen LogP contribution in [0.15, 0.2) is 89.9 Å². The van der Waals surface area contributed by atoms with Crippen molar-refractivity contribution in [2.45, 2.75) is 0 Å². The molecule has 0 bridgehead atoms. The van der Waals surface area contributed by atoms with Crippen molar-refractivity contribution in [1.82, 2.24) is 15.0 Å². The Balaban J connectivity index is 0.00000102. The molecule has 0 aliphatic heterocycles. The van der Waals surface area contributed by atoms with Gasteiger partial charge in [0.15, 0.2) is 0 Å². The molecule has 6 aromatic rings. The quantitative estimate of drug-likeness (QED) is 0.244. The molecule has 3 nitrogen and oxygen atoms in total. The number of pyridine rings is 1. The Morgan fingerprint density at radius 1 is 0.606 bits per heavy atom. The van der Waals surface area contributed by atoms with E-state index in [4.69, 9.17) is 4.98 Å². The Morgan fingerprint density at radius 3 is 1.55 bits per heavy atom. The number of hydrogen-bond acceptors (Lipinski definition) is 5. The predicted molar refractivity (Wildman–Crippen MR) is 127 cm³/mol. The summed E-state index contributed by atoms with van der Waals surface area (Å²) in [5, 5.41) is 10.7.